The van der Waals surface area contributed by atoms with Crippen molar-refractivity contribution in [3.8, 4) is 5.75 Å². The van der Waals surface area contributed by atoms with Crippen LogP contribution in [0.25, 0.3) is 0 Å². The average molecular weight is 296 g/mol. The molecule has 22 heavy (non-hydrogen) atoms. The molecule has 1 nitrogen and oxygen atoms in total. The molecule has 0 aliphatic rings. The Kier molecular flexibility index (Phi) is 6.51. The van der Waals surface area contributed by atoms with Crippen LogP contribution in [-0.2, 0) is 19.3 Å². The molecule has 0 fully saturated rings. The molecule has 0 saturated carbocycles. The summed E-state index contributed by atoms with van der Waals surface area (Å²) in [6, 6.07) is 14.7. The molecule has 2 aromatic rings. The van der Waals surface area contributed by atoms with Gasteiger partial charge in [0.1, 0.15) is 5.75 Å². The van der Waals surface area contributed by atoms with E-state index in [9.17, 15) is 5.11 Å². The molecule has 0 aliphatic heterocycles. The van der Waals surface area contributed by atoms with E-state index in [1.165, 1.54) is 29.5 Å². The average Bonchev–Trinajstić information content (AvgIpc) is 2.55. The summed E-state index contributed by atoms with van der Waals surface area (Å²) in [5, 5.41) is 10.8. The van der Waals surface area contributed by atoms with Gasteiger partial charge in [-0.05, 0) is 47.9 Å². The maximum absolute atomic E-state index is 10.8. The SMILES string of the molecule is CCCCc1ccc(Cc2ccccc2)c(O)c1CCCC. The number of aryl methyl sites for hydroxylation is 1. The highest BCUT2D eigenvalue weighted by molar-refractivity contribution is 5.47. The third-order valence-electron chi connectivity index (χ3n) is 4.28. The molecule has 0 unspecified atom stereocenters. The van der Waals surface area contributed by atoms with Crippen molar-refractivity contribution in [2.24, 2.45) is 0 Å². The molecule has 0 aliphatic carbocycles. The van der Waals surface area contributed by atoms with Gasteiger partial charge < -0.3 is 5.11 Å². The van der Waals surface area contributed by atoms with E-state index in [2.05, 4.69) is 50.2 Å². The first-order valence-corrected chi connectivity index (χ1v) is 8.62. The van der Waals surface area contributed by atoms with Gasteiger partial charge in [0, 0.05) is 6.42 Å². The molecule has 0 spiro atoms. The van der Waals surface area contributed by atoms with Crippen molar-refractivity contribution in [1.29, 1.82) is 0 Å². The van der Waals surface area contributed by atoms with E-state index in [0.29, 0.717) is 5.75 Å². The predicted octanol–water partition coefficient (Wildman–Crippen LogP) is 5.67. The zero-order chi connectivity index (χ0) is 15.8. The summed E-state index contributed by atoms with van der Waals surface area (Å²) in [5.74, 6) is 0.533. The topological polar surface area (TPSA) is 20.2 Å². The highest BCUT2D eigenvalue weighted by Gasteiger charge is 2.12. The van der Waals surface area contributed by atoms with Crippen LogP contribution in [-0.4, -0.2) is 5.11 Å². The first kappa shape index (κ1) is 16.6. The number of rotatable bonds is 8. The minimum atomic E-state index is 0.533. The lowest BCUT2D eigenvalue weighted by Crippen LogP contribution is -1.99. The van der Waals surface area contributed by atoms with Crippen LogP contribution in [0.15, 0.2) is 42.5 Å². The molecule has 0 heterocycles. The molecule has 0 bridgehead atoms. The van der Waals surface area contributed by atoms with Gasteiger partial charge in [-0.2, -0.15) is 0 Å². The van der Waals surface area contributed by atoms with Crippen molar-refractivity contribution in [1.82, 2.24) is 0 Å². The second-order valence-electron chi connectivity index (χ2n) is 6.08. The van der Waals surface area contributed by atoms with Crippen LogP contribution < -0.4 is 0 Å². The Balaban J connectivity index is 2.27. The second kappa shape index (κ2) is 8.63. The summed E-state index contributed by atoms with van der Waals surface area (Å²) >= 11 is 0. The number of benzene rings is 2. The Labute approximate surface area is 135 Å². The molecule has 118 valence electrons. The van der Waals surface area contributed by atoms with Crippen molar-refractivity contribution < 1.29 is 5.11 Å². The molecular formula is C21H28O. The maximum Gasteiger partial charge on any atom is 0.122 e. The van der Waals surface area contributed by atoms with Crippen molar-refractivity contribution in [3.05, 3.63) is 64.7 Å². The first-order chi connectivity index (χ1) is 10.8. The quantitative estimate of drug-likeness (QED) is 0.665. The molecule has 0 amide bonds. The zero-order valence-corrected chi connectivity index (χ0v) is 13.9. The Bertz CT molecular complexity index is 572. The summed E-state index contributed by atoms with van der Waals surface area (Å²) in [6.45, 7) is 4.42. The van der Waals surface area contributed by atoms with E-state index in [4.69, 9.17) is 0 Å². The fraction of sp³-hybridized carbons (Fsp3) is 0.429. The van der Waals surface area contributed by atoms with Crippen molar-refractivity contribution >= 4 is 0 Å². The normalized spacial score (nSPS) is 10.8. The number of hydrogen-bond donors (Lipinski definition) is 1. The lowest BCUT2D eigenvalue weighted by molar-refractivity contribution is 0.459. The monoisotopic (exact) mass is 296 g/mol. The summed E-state index contributed by atoms with van der Waals surface area (Å²) in [4.78, 5) is 0. The summed E-state index contributed by atoms with van der Waals surface area (Å²) < 4.78 is 0. The summed E-state index contributed by atoms with van der Waals surface area (Å²) in [7, 11) is 0. The molecule has 1 N–H and O–H groups in total. The Hall–Kier alpha value is -1.76. The fourth-order valence-corrected chi connectivity index (χ4v) is 2.92. The smallest absolute Gasteiger partial charge is 0.122 e. The number of unbranched alkanes of at least 4 members (excludes halogenated alkanes) is 2. The number of phenolic OH excluding ortho intramolecular Hbond substituents is 1. The number of aromatic hydroxyl groups is 1. The molecule has 0 aromatic heterocycles. The fourth-order valence-electron chi connectivity index (χ4n) is 2.92. The molecular weight excluding hydrogens is 268 g/mol. The van der Waals surface area contributed by atoms with E-state index in [1.54, 1.807) is 0 Å². The maximum atomic E-state index is 10.8. The van der Waals surface area contributed by atoms with Gasteiger partial charge in [-0.1, -0.05) is 69.2 Å². The minimum absolute atomic E-state index is 0.533. The van der Waals surface area contributed by atoms with E-state index >= 15 is 0 Å². The number of phenols is 1. The molecule has 0 atom stereocenters. The first-order valence-electron chi connectivity index (χ1n) is 8.62. The van der Waals surface area contributed by atoms with Crippen LogP contribution in [0.2, 0.25) is 0 Å². The lowest BCUT2D eigenvalue weighted by atomic mass is 9.92. The van der Waals surface area contributed by atoms with Gasteiger partial charge in [-0.3, -0.25) is 0 Å². The highest BCUT2D eigenvalue weighted by Crippen LogP contribution is 2.30. The largest absolute Gasteiger partial charge is 0.507 e. The summed E-state index contributed by atoms with van der Waals surface area (Å²) in [6.07, 6.45) is 7.56. The van der Waals surface area contributed by atoms with Crippen molar-refractivity contribution in [2.75, 3.05) is 0 Å². The van der Waals surface area contributed by atoms with Crippen LogP contribution in [0.1, 0.15) is 61.8 Å². The van der Waals surface area contributed by atoms with Crippen LogP contribution in [0.3, 0.4) is 0 Å². The molecule has 2 aromatic carbocycles. The van der Waals surface area contributed by atoms with Gasteiger partial charge in [0.15, 0.2) is 0 Å². The minimum Gasteiger partial charge on any atom is -0.507 e. The van der Waals surface area contributed by atoms with Gasteiger partial charge in [-0.25, -0.2) is 0 Å². The summed E-state index contributed by atoms with van der Waals surface area (Å²) in [5.41, 5.74) is 4.83. The second-order valence-corrected chi connectivity index (χ2v) is 6.08. The Morgan fingerprint density at radius 3 is 2.09 bits per heavy atom. The molecule has 0 saturated heterocycles. The van der Waals surface area contributed by atoms with Gasteiger partial charge in [0.05, 0.1) is 0 Å². The third kappa shape index (κ3) is 4.37. The van der Waals surface area contributed by atoms with E-state index in [1.807, 2.05) is 6.07 Å². The zero-order valence-electron chi connectivity index (χ0n) is 13.9. The molecule has 2 rings (SSSR count). The van der Waals surface area contributed by atoms with Gasteiger partial charge in [0.25, 0.3) is 0 Å². The Morgan fingerprint density at radius 2 is 1.41 bits per heavy atom. The predicted molar refractivity (Wildman–Crippen MR) is 94.6 cm³/mol. The Morgan fingerprint density at radius 1 is 0.773 bits per heavy atom. The highest BCUT2D eigenvalue weighted by atomic mass is 16.3. The van der Waals surface area contributed by atoms with E-state index < -0.39 is 0 Å². The molecule has 1 heteroatoms. The van der Waals surface area contributed by atoms with Crippen LogP contribution in [0.5, 0.6) is 5.75 Å². The lowest BCUT2D eigenvalue weighted by Gasteiger charge is -2.15. The van der Waals surface area contributed by atoms with Crippen molar-refractivity contribution in [3.63, 3.8) is 0 Å². The van der Waals surface area contributed by atoms with Gasteiger partial charge in [0.2, 0.25) is 0 Å². The van der Waals surface area contributed by atoms with Crippen LogP contribution in [0.4, 0.5) is 0 Å². The van der Waals surface area contributed by atoms with Crippen molar-refractivity contribution in [2.45, 2.75) is 58.8 Å². The van der Waals surface area contributed by atoms with Gasteiger partial charge in [-0.15, -0.1) is 0 Å². The molecule has 0 radical (unpaired) electrons. The third-order valence-corrected chi connectivity index (χ3v) is 4.28. The van der Waals surface area contributed by atoms with Crippen LogP contribution >= 0.6 is 0 Å². The van der Waals surface area contributed by atoms with Crippen LogP contribution in [0, 0.1) is 0 Å². The number of hydrogen-bond acceptors (Lipinski definition) is 1. The standard InChI is InChI=1S/C21H28O/c1-3-5-12-18-14-15-19(16-17-10-8-7-9-11-17)21(22)20(18)13-6-4-2/h7-11,14-15,22H,3-6,12-13,16H2,1-2H3. The van der Waals surface area contributed by atoms with E-state index in [-0.39, 0.29) is 0 Å². The van der Waals surface area contributed by atoms with Gasteiger partial charge >= 0.3 is 0 Å². The van der Waals surface area contributed by atoms with E-state index in [0.717, 1.165) is 37.7 Å².